The van der Waals surface area contributed by atoms with Gasteiger partial charge in [-0.05, 0) is 50.6 Å². The van der Waals surface area contributed by atoms with Crippen molar-refractivity contribution in [3.05, 3.63) is 65.4 Å². The maximum absolute atomic E-state index is 14.0. The Kier molecular flexibility index (Phi) is 6.29. The summed E-state index contributed by atoms with van der Waals surface area (Å²) in [7, 11) is 0. The fourth-order valence-electron chi connectivity index (χ4n) is 3.75. The zero-order valence-corrected chi connectivity index (χ0v) is 18.6. The number of anilines is 1. The molecule has 1 N–H and O–H groups in total. The summed E-state index contributed by atoms with van der Waals surface area (Å²) in [6, 6.07) is 9.90. The summed E-state index contributed by atoms with van der Waals surface area (Å²) in [5.74, 6) is -1.00. The minimum absolute atomic E-state index is 0.0232. The van der Waals surface area contributed by atoms with Crippen molar-refractivity contribution in [2.75, 3.05) is 18.0 Å². The van der Waals surface area contributed by atoms with Crippen LogP contribution in [-0.4, -0.2) is 41.2 Å². The Morgan fingerprint density at radius 2 is 2.00 bits per heavy atom. The summed E-state index contributed by atoms with van der Waals surface area (Å²) >= 11 is 1.59. The van der Waals surface area contributed by atoms with Crippen molar-refractivity contribution >= 4 is 22.4 Å². The summed E-state index contributed by atoms with van der Waals surface area (Å²) in [4.78, 5) is 24.9. The number of hydrogen-bond acceptors (Lipinski definition) is 6. The smallest absolute Gasteiger partial charge is 0.254 e. The molecule has 4 rings (SSSR count). The number of hydrogen-bond donors (Lipinski definition) is 1. The summed E-state index contributed by atoms with van der Waals surface area (Å²) < 4.78 is 19.8. The SMILES string of the molecule is Cc1cc(-c2sc(N3C[C@@H](C)O[C@@H](C)C3)nc2CNC(=O)c2ccccc2F)ccn1. The largest absolute Gasteiger partial charge is 0.372 e. The molecule has 1 aliphatic heterocycles. The molecular weight excluding hydrogens is 415 g/mol. The molecule has 1 saturated heterocycles. The van der Waals surface area contributed by atoms with E-state index in [2.05, 4.69) is 29.0 Å². The Hall–Kier alpha value is -2.84. The van der Waals surface area contributed by atoms with Crippen molar-refractivity contribution in [2.24, 2.45) is 0 Å². The number of aromatic nitrogens is 2. The summed E-state index contributed by atoms with van der Waals surface area (Å²) in [5.41, 5.74) is 2.68. The van der Waals surface area contributed by atoms with Gasteiger partial charge in [-0.2, -0.15) is 0 Å². The van der Waals surface area contributed by atoms with Crippen LogP contribution in [0.4, 0.5) is 9.52 Å². The maximum Gasteiger partial charge on any atom is 0.254 e. The number of thiazole rings is 1. The highest BCUT2D eigenvalue weighted by Gasteiger charge is 2.26. The molecule has 0 aliphatic carbocycles. The predicted octanol–water partition coefficient (Wildman–Crippen LogP) is 4.20. The number of morpholine rings is 1. The Morgan fingerprint density at radius 1 is 1.26 bits per heavy atom. The number of pyridine rings is 1. The molecule has 6 nitrogen and oxygen atoms in total. The second kappa shape index (κ2) is 9.11. The first-order chi connectivity index (χ1) is 14.9. The molecule has 31 heavy (non-hydrogen) atoms. The van der Waals surface area contributed by atoms with Gasteiger partial charge in [-0.1, -0.05) is 23.5 Å². The molecule has 1 aromatic carbocycles. The molecule has 1 fully saturated rings. The number of benzene rings is 1. The van der Waals surface area contributed by atoms with E-state index in [1.165, 1.54) is 12.1 Å². The van der Waals surface area contributed by atoms with Crippen molar-refractivity contribution < 1.29 is 13.9 Å². The Balaban J connectivity index is 1.62. The Labute approximate surface area is 185 Å². The third kappa shape index (κ3) is 4.91. The standard InChI is InChI=1S/C23H25FN4O2S/c1-14-10-17(8-9-25-14)21-20(11-26-22(29)18-6-4-5-7-19(18)24)27-23(31-21)28-12-15(2)30-16(3)13-28/h4-10,15-16H,11-13H2,1-3H3,(H,26,29)/t15-,16+. The fourth-order valence-corrected chi connectivity index (χ4v) is 4.84. The van der Waals surface area contributed by atoms with Crippen LogP contribution in [-0.2, 0) is 11.3 Å². The van der Waals surface area contributed by atoms with E-state index in [9.17, 15) is 9.18 Å². The molecule has 0 bridgehead atoms. The number of carbonyl (C=O) groups excluding carboxylic acids is 1. The van der Waals surface area contributed by atoms with Crippen molar-refractivity contribution in [1.29, 1.82) is 0 Å². The highest BCUT2D eigenvalue weighted by molar-refractivity contribution is 7.19. The van der Waals surface area contributed by atoms with Crippen molar-refractivity contribution in [3.63, 3.8) is 0 Å². The average Bonchev–Trinajstić information content (AvgIpc) is 3.16. The van der Waals surface area contributed by atoms with E-state index >= 15 is 0 Å². The van der Waals surface area contributed by atoms with E-state index in [-0.39, 0.29) is 24.3 Å². The predicted molar refractivity (Wildman–Crippen MR) is 120 cm³/mol. The van der Waals surface area contributed by atoms with Crippen LogP contribution in [0.25, 0.3) is 10.4 Å². The summed E-state index contributed by atoms with van der Waals surface area (Å²) in [6.45, 7) is 7.77. The molecule has 2 aromatic heterocycles. The second-order valence-corrected chi connectivity index (χ2v) is 8.76. The van der Waals surface area contributed by atoms with Crippen molar-refractivity contribution in [2.45, 2.75) is 39.5 Å². The van der Waals surface area contributed by atoms with Gasteiger partial charge < -0.3 is 15.0 Å². The maximum atomic E-state index is 14.0. The lowest BCUT2D eigenvalue weighted by Crippen LogP contribution is -2.45. The summed E-state index contributed by atoms with van der Waals surface area (Å²) in [6.07, 6.45) is 2.00. The molecule has 0 spiro atoms. The van der Waals surface area contributed by atoms with E-state index < -0.39 is 11.7 Å². The number of carbonyl (C=O) groups is 1. The van der Waals surface area contributed by atoms with Crippen LogP contribution in [0.2, 0.25) is 0 Å². The lowest BCUT2D eigenvalue weighted by atomic mass is 10.1. The first-order valence-corrected chi connectivity index (χ1v) is 11.1. The first kappa shape index (κ1) is 21.4. The number of nitrogens with one attached hydrogen (secondary N) is 1. The monoisotopic (exact) mass is 440 g/mol. The molecule has 3 aromatic rings. The van der Waals surface area contributed by atoms with Gasteiger partial charge in [0.2, 0.25) is 0 Å². The molecule has 162 valence electrons. The average molecular weight is 441 g/mol. The molecule has 8 heteroatoms. The number of rotatable bonds is 5. The number of halogens is 1. The van der Waals surface area contributed by atoms with Gasteiger partial charge in [0.15, 0.2) is 5.13 Å². The quantitative estimate of drug-likeness (QED) is 0.644. The van der Waals surface area contributed by atoms with E-state index in [1.807, 2.05) is 19.1 Å². The van der Waals surface area contributed by atoms with Gasteiger partial charge in [-0.15, -0.1) is 0 Å². The van der Waals surface area contributed by atoms with Crippen LogP contribution < -0.4 is 10.2 Å². The zero-order valence-electron chi connectivity index (χ0n) is 17.8. The van der Waals surface area contributed by atoms with Gasteiger partial charge in [0, 0.05) is 25.0 Å². The molecule has 0 unspecified atom stereocenters. The zero-order chi connectivity index (χ0) is 22.0. The molecule has 2 atom stereocenters. The van der Waals surface area contributed by atoms with E-state index in [0.29, 0.717) is 0 Å². The van der Waals surface area contributed by atoms with Crippen molar-refractivity contribution in [3.8, 4) is 10.4 Å². The van der Waals surface area contributed by atoms with Crippen molar-refractivity contribution in [1.82, 2.24) is 15.3 Å². The lowest BCUT2D eigenvalue weighted by Gasteiger charge is -2.35. The normalized spacial score (nSPS) is 18.8. The lowest BCUT2D eigenvalue weighted by molar-refractivity contribution is -0.00523. The van der Waals surface area contributed by atoms with E-state index in [0.717, 1.165) is 40.0 Å². The van der Waals surface area contributed by atoms with Gasteiger partial charge in [0.05, 0.1) is 34.9 Å². The number of amides is 1. The third-order valence-corrected chi connectivity index (χ3v) is 6.28. The number of ether oxygens (including phenoxy) is 1. The van der Waals surface area contributed by atoms with Crippen LogP contribution in [0.1, 0.15) is 35.6 Å². The summed E-state index contributed by atoms with van der Waals surface area (Å²) in [5, 5.41) is 3.71. The third-order valence-electron chi connectivity index (χ3n) is 5.07. The second-order valence-electron chi connectivity index (χ2n) is 7.78. The molecule has 1 aliphatic rings. The number of aryl methyl sites for hydroxylation is 1. The molecule has 3 heterocycles. The highest BCUT2D eigenvalue weighted by Crippen LogP contribution is 2.36. The molecule has 0 radical (unpaired) electrons. The topological polar surface area (TPSA) is 67.3 Å². The van der Waals surface area contributed by atoms with Crippen LogP contribution in [0.5, 0.6) is 0 Å². The minimum Gasteiger partial charge on any atom is -0.372 e. The van der Waals surface area contributed by atoms with Crippen LogP contribution in [0.3, 0.4) is 0 Å². The highest BCUT2D eigenvalue weighted by atomic mass is 32.1. The molecule has 1 amide bonds. The van der Waals surface area contributed by atoms with Crippen LogP contribution in [0.15, 0.2) is 42.6 Å². The van der Waals surface area contributed by atoms with Gasteiger partial charge in [0.1, 0.15) is 5.82 Å². The fraction of sp³-hybridized carbons (Fsp3) is 0.348. The Bertz CT molecular complexity index is 1080. The number of nitrogens with zero attached hydrogens (tertiary/aromatic N) is 3. The van der Waals surface area contributed by atoms with Gasteiger partial charge >= 0.3 is 0 Å². The van der Waals surface area contributed by atoms with Gasteiger partial charge in [-0.25, -0.2) is 9.37 Å². The molecular formula is C23H25FN4O2S. The Morgan fingerprint density at radius 3 is 2.71 bits per heavy atom. The molecule has 0 saturated carbocycles. The van der Waals surface area contributed by atoms with E-state index in [1.54, 1.807) is 29.7 Å². The minimum atomic E-state index is -0.541. The van der Waals surface area contributed by atoms with Gasteiger partial charge in [0.25, 0.3) is 5.91 Å². The first-order valence-electron chi connectivity index (χ1n) is 10.3. The van der Waals surface area contributed by atoms with E-state index in [4.69, 9.17) is 9.72 Å². The van der Waals surface area contributed by atoms with Crippen LogP contribution in [0, 0.1) is 12.7 Å². The van der Waals surface area contributed by atoms with Gasteiger partial charge in [-0.3, -0.25) is 9.78 Å². The van der Waals surface area contributed by atoms with Crippen LogP contribution >= 0.6 is 11.3 Å².